The zero-order chi connectivity index (χ0) is 22.2. The zero-order valence-corrected chi connectivity index (χ0v) is 18.4. The van der Waals surface area contributed by atoms with Gasteiger partial charge in [-0.25, -0.2) is 4.98 Å². The first-order valence-corrected chi connectivity index (χ1v) is 11.5. The van der Waals surface area contributed by atoms with Crippen LogP contribution in [0.4, 0.5) is 0 Å². The molecule has 0 aliphatic carbocycles. The number of fused-ring (bicyclic) bond motifs is 2. The van der Waals surface area contributed by atoms with Crippen molar-refractivity contribution in [3.63, 3.8) is 0 Å². The van der Waals surface area contributed by atoms with Gasteiger partial charge in [0.25, 0.3) is 5.91 Å². The molecule has 1 fully saturated rings. The highest BCUT2D eigenvalue weighted by Crippen LogP contribution is 2.31. The third-order valence-corrected chi connectivity index (χ3v) is 6.66. The molecule has 0 saturated carbocycles. The predicted molar refractivity (Wildman–Crippen MR) is 129 cm³/mol. The number of hydrogen-bond acceptors (Lipinski definition) is 3. The molecule has 1 saturated heterocycles. The molecule has 3 aromatic carbocycles. The number of likely N-dealkylation sites (tertiary alicyclic amines) is 1. The normalized spacial score (nSPS) is 14.8. The lowest BCUT2D eigenvalue weighted by Gasteiger charge is -2.31. The van der Waals surface area contributed by atoms with Crippen molar-refractivity contribution < 1.29 is 9.21 Å². The van der Waals surface area contributed by atoms with E-state index >= 15 is 0 Å². The van der Waals surface area contributed by atoms with Gasteiger partial charge in [-0.3, -0.25) is 4.79 Å². The summed E-state index contributed by atoms with van der Waals surface area (Å²) in [6, 6.07) is 28.4. The van der Waals surface area contributed by atoms with E-state index in [0.29, 0.717) is 19.6 Å². The Morgan fingerprint density at radius 2 is 1.64 bits per heavy atom. The topological polar surface area (TPSA) is 51.3 Å². The van der Waals surface area contributed by atoms with Gasteiger partial charge < -0.3 is 13.9 Å². The first-order valence-electron chi connectivity index (χ1n) is 11.5. The Morgan fingerprint density at radius 1 is 0.909 bits per heavy atom. The van der Waals surface area contributed by atoms with Gasteiger partial charge in [-0.05, 0) is 42.7 Å². The second-order valence-corrected chi connectivity index (χ2v) is 8.75. The van der Waals surface area contributed by atoms with Crippen molar-refractivity contribution in [1.82, 2.24) is 14.5 Å². The number of carbonyl (C=O) groups excluding carboxylic acids is 1. The second-order valence-electron chi connectivity index (χ2n) is 8.75. The van der Waals surface area contributed by atoms with Crippen LogP contribution in [0.25, 0.3) is 22.0 Å². The number of nitrogens with zero attached hydrogens (tertiary/aromatic N) is 3. The van der Waals surface area contributed by atoms with E-state index in [0.717, 1.165) is 46.4 Å². The Bertz CT molecular complexity index is 1390. The molecule has 33 heavy (non-hydrogen) atoms. The van der Waals surface area contributed by atoms with Crippen LogP contribution in [0, 0.1) is 0 Å². The molecule has 0 unspecified atom stereocenters. The molecule has 0 radical (unpaired) electrons. The number of para-hydroxylation sites is 3. The number of hydrogen-bond donors (Lipinski definition) is 0. The molecule has 5 nitrogen and oxygen atoms in total. The van der Waals surface area contributed by atoms with E-state index in [1.165, 1.54) is 5.56 Å². The van der Waals surface area contributed by atoms with Gasteiger partial charge in [0.2, 0.25) is 0 Å². The van der Waals surface area contributed by atoms with E-state index in [9.17, 15) is 4.79 Å². The van der Waals surface area contributed by atoms with Crippen molar-refractivity contribution in [2.75, 3.05) is 13.1 Å². The summed E-state index contributed by atoms with van der Waals surface area (Å²) in [5.74, 6) is 1.14. The Balaban J connectivity index is 1.24. The third kappa shape index (κ3) is 3.69. The van der Waals surface area contributed by atoms with Gasteiger partial charge in [-0.15, -0.1) is 0 Å². The van der Waals surface area contributed by atoms with Crippen LogP contribution in [0.5, 0.6) is 0 Å². The van der Waals surface area contributed by atoms with E-state index < -0.39 is 0 Å². The molecule has 0 atom stereocenters. The SMILES string of the molecule is O=C(c1cc2ccccc2n1Cc1ccccc1)N1CCC(c2nc3ccccc3o2)CC1. The minimum Gasteiger partial charge on any atom is -0.440 e. The van der Waals surface area contributed by atoms with E-state index in [4.69, 9.17) is 4.42 Å². The summed E-state index contributed by atoms with van der Waals surface area (Å²) < 4.78 is 8.15. The maximum Gasteiger partial charge on any atom is 0.270 e. The van der Waals surface area contributed by atoms with Gasteiger partial charge in [0.15, 0.2) is 11.5 Å². The summed E-state index contributed by atoms with van der Waals surface area (Å²) in [6.45, 7) is 2.08. The molecule has 3 heterocycles. The van der Waals surface area contributed by atoms with E-state index in [-0.39, 0.29) is 11.8 Å². The van der Waals surface area contributed by atoms with Gasteiger partial charge in [0.1, 0.15) is 11.2 Å². The lowest BCUT2D eigenvalue weighted by atomic mass is 9.96. The van der Waals surface area contributed by atoms with Crippen molar-refractivity contribution in [3.05, 3.63) is 102 Å². The molecule has 6 rings (SSSR count). The van der Waals surface area contributed by atoms with Crippen LogP contribution >= 0.6 is 0 Å². The molecule has 1 aliphatic heterocycles. The summed E-state index contributed by atoms with van der Waals surface area (Å²) >= 11 is 0. The number of amides is 1. The Morgan fingerprint density at radius 3 is 2.45 bits per heavy atom. The second kappa shape index (κ2) is 8.24. The third-order valence-electron chi connectivity index (χ3n) is 6.66. The number of oxazole rings is 1. The lowest BCUT2D eigenvalue weighted by molar-refractivity contribution is 0.0697. The Hall–Kier alpha value is -3.86. The minimum absolute atomic E-state index is 0.0955. The van der Waals surface area contributed by atoms with Crippen LogP contribution < -0.4 is 0 Å². The van der Waals surface area contributed by atoms with Crippen LogP contribution in [-0.2, 0) is 6.54 Å². The summed E-state index contributed by atoms with van der Waals surface area (Å²) in [5.41, 5.74) is 4.75. The van der Waals surface area contributed by atoms with Crippen molar-refractivity contribution in [3.8, 4) is 0 Å². The summed E-state index contributed by atoms with van der Waals surface area (Å²) in [4.78, 5) is 20.3. The van der Waals surface area contributed by atoms with Crippen LogP contribution in [0.1, 0.15) is 40.7 Å². The van der Waals surface area contributed by atoms with E-state index in [1.54, 1.807) is 0 Å². The molecule has 0 N–H and O–H groups in total. The average molecular weight is 436 g/mol. The molecule has 1 amide bonds. The monoisotopic (exact) mass is 435 g/mol. The largest absolute Gasteiger partial charge is 0.440 e. The Labute approximate surface area is 192 Å². The summed E-state index contributed by atoms with van der Waals surface area (Å²) in [7, 11) is 0. The van der Waals surface area contributed by atoms with Gasteiger partial charge >= 0.3 is 0 Å². The van der Waals surface area contributed by atoms with Crippen LogP contribution in [0.2, 0.25) is 0 Å². The highest BCUT2D eigenvalue weighted by atomic mass is 16.3. The molecule has 5 aromatic rings. The number of benzene rings is 3. The highest BCUT2D eigenvalue weighted by molar-refractivity contribution is 5.99. The summed E-state index contributed by atoms with van der Waals surface area (Å²) in [5, 5.41) is 1.10. The van der Waals surface area contributed by atoms with Gasteiger partial charge in [0.05, 0.1) is 0 Å². The number of carbonyl (C=O) groups is 1. The molecule has 0 spiro atoms. The molecule has 0 bridgehead atoms. The maximum absolute atomic E-state index is 13.6. The standard InChI is InChI=1S/C28H25N3O2/c32-28(30-16-14-21(15-17-30)27-29-23-11-5-7-13-26(23)33-27)25-18-22-10-4-6-12-24(22)31(25)19-20-8-2-1-3-9-20/h1-13,18,21H,14-17,19H2. The number of aromatic nitrogens is 2. The molecular formula is C28H25N3O2. The Kier molecular flexibility index (Phi) is 4.95. The first-order chi connectivity index (χ1) is 16.3. The van der Waals surface area contributed by atoms with Crippen LogP contribution in [0.15, 0.2) is 89.3 Å². The van der Waals surface area contributed by atoms with Crippen molar-refractivity contribution in [1.29, 1.82) is 0 Å². The van der Waals surface area contributed by atoms with Crippen LogP contribution in [-0.4, -0.2) is 33.4 Å². The smallest absolute Gasteiger partial charge is 0.270 e. The van der Waals surface area contributed by atoms with Gasteiger partial charge in [-0.2, -0.15) is 0 Å². The average Bonchev–Trinajstić information content (AvgIpc) is 3.46. The molecule has 5 heteroatoms. The van der Waals surface area contributed by atoms with E-state index in [2.05, 4.69) is 33.8 Å². The van der Waals surface area contributed by atoms with Gasteiger partial charge in [-0.1, -0.05) is 60.7 Å². The minimum atomic E-state index is 0.0955. The fraction of sp³-hybridized carbons (Fsp3) is 0.214. The van der Waals surface area contributed by atoms with Crippen molar-refractivity contribution in [2.24, 2.45) is 0 Å². The number of rotatable bonds is 4. The fourth-order valence-corrected chi connectivity index (χ4v) is 4.88. The molecule has 164 valence electrons. The number of piperidine rings is 1. The predicted octanol–water partition coefficient (Wildman–Crippen LogP) is 5.85. The zero-order valence-electron chi connectivity index (χ0n) is 18.4. The fourth-order valence-electron chi connectivity index (χ4n) is 4.88. The summed E-state index contributed by atoms with van der Waals surface area (Å²) in [6.07, 6.45) is 1.72. The molecular weight excluding hydrogens is 410 g/mol. The molecule has 2 aromatic heterocycles. The lowest BCUT2D eigenvalue weighted by Crippen LogP contribution is -2.38. The highest BCUT2D eigenvalue weighted by Gasteiger charge is 2.29. The van der Waals surface area contributed by atoms with Crippen LogP contribution in [0.3, 0.4) is 0 Å². The van der Waals surface area contributed by atoms with E-state index in [1.807, 2.05) is 65.6 Å². The van der Waals surface area contributed by atoms with Crippen molar-refractivity contribution >= 4 is 27.9 Å². The molecule has 1 aliphatic rings. The quantitative estimate of drug-likeness (QED) is 0.356. The van der Waals surface area contributed by atoms with Crippen molar-refractivity contribution in [2.45, 2.75) is 25.3 Å². The first kappa shape index (κ1) is 19.8. The van der Waals surface area contributed by atoms with Gasteiger partial charge in [0, 0.05) is 36.5 Å². The maximum atomic E-state index is 13.6.